The minimum absolute atomic E-state index is 0.000370. The third-order valence-electron chi connectivity index (χ3n) is 2.49. The van der Waals surface area contributed by atoms with Gasteiger partial charge in [0.2, 0.25) is 0 Å². The third-order valence-corrected chi connectivity index (χ3v) is 3.43. The maximum absolute atomic E-state index is 12.3. The second-order valence-electron chi connectivity index (χ2n) is 3.85. The molecule has 0 aliphatic rings. The molecule has 4 heteroatoms. The molecule has 0 N–H and O–H groups in total. The van der Waals surface area contributed by atoms with Crippen LogP contribution in [0.15, 0.2) is 24.3 Å². The van der Waals surface area contributed by atoms with Gasteiger partial charge < -0.3 is 4.90 Å². The molecule has 1 aromatic carbocycles. The molecule has 3 nitrogen and oxygen atoms in total. The molecular formula is C13H15IN2O. The third kappa shape index (κ3) is 3.70. The second kappa shape index (κ2) is 6.60. The minimum atomic E-state index is -0.139. The smallest absolute Gasteiger partial charge is 0.254 e. The maximum Gasteiger partial charge on any atom is 0.254 e. The van der Waals surface area contributed by atoms with Gasteiger partial charge in [-0.15, -0.1) is 0 Å². The van der Waals surface area contributed by atoms with Gasteiger partial charge in [-0.2, -0.15) is 5.26 Å². The molecule has 1 amide bonds. The average molecular weight is 342 g/mol. The molecule has 0 unspecified atom stereocenters. The largest absolute Gasteiger partial charge is 0.338 e. The summed E-state index contributed by atoms with van der Waals surface area (Å²) < 4.78 is 0.943. The summed E-state index contributed by atoms with van der Waals surface area (Å²) in [5.41, 5.74) is 0.708. The Morgan fingerprint density at radius 3 is 2.71 bits per heavy atom. The summed E-state index contributed by atoms with van der Waals surface area (Å²) in [6, 6.07) is 9.66. The van der Waals surface area contributed by atoms with Crippen molar-refractivity contribution in [2.45, 2.75) is 13.8 Å². The van der Waals surface area contributed by atoms with Crippen LogP contribution in [-0.2, 0) is 0 Å². The Bertz CT molecular complexity index is 439. The van der Waals surface area contributed by atoms with Crippen molar-refractivity contribution < 1.29 is 4.79 Å². The first-order chi connectivity index (χ1) is 8.10. The van der Waals surface area contributed by atoms with Crippen molar-refractivity contribution in [3.63, 3.8) is 0 Å². The molecule has 0 bridgehead atoms. The van der Waals surface area contributed by atoms with Gasteiger partial charge in [0.1, 0.15) is 0 Å². The van der Waals surface area contributed by atoms with Gasteiger partial charge in [-0.3, -0.25) is 4.79 Å². The fraction of sp³-hybridized carbons (Fsp3) is 0.385. The van der Waals surface area contributed by atoms with E-state index in [1.807, 2.05) is 38.1 Å². The Morgan fingerprint density at radius 1 is 1.53 bits per heavy atom. The molecule has 90 valence electrons. The van der Waals surface area contributed by atoms with Crippen molar-refractivity contribution in [3.8, 4) is 6.07 Å². The molecule has 0 radical (unpaired) electrons. The lowest BCUT2D eigenvalue weighted by Gasteiger charge is -2.22. The molecular weight excluding hydrogens is 327 g/mol. The number of rotatable bonds is 4. The predicted octanol–water partition coefficient (Wildman–Crippen LogP) is 2.91. The van der Waals surface area contributed by atoms with Gasteiger partial charge in [0.15, 0.2) is 0 Å². The summed E-state index contributed by atoms with van der Waals surface area (Å²) in [7, 11) is 0. The average Bonchev–Trinajstić information content (AvgIpc) is 2.35. The van der Waals surface area contributed by atoms with E-state index in [0.717, 1.165) is 3.57 Å². The van der Waals surface area contributed by atoms with Gasteiger partial charge in [-0.1, -0.05) is 12.1 Å². The van der Waals surface area contributed by atoms with Crippen molar-refractivity contribution in [2.24, 2.45) is 5.92 Å². The zero-order valence-electron chi connectivity index (χ0n) is 9.98. The highest BCUT2D eigenvalue weighted by atomic mass is 127. The van der Waals surface area contributed by atoms with Crippen LogP contribution in [0.2, 0.25) is 0 Å². The van der Waals surface area contributed by atoms with Crippen LogP contribution in [0.3, 0.4) is 0 Å². The molecule has 17 heavy (non-hydrogen) atoms. The van der Waals surface area contributed by atoms with Crippen LogP contribution in [0.4, 0.5) is 0 Å². The maximum atomic E-state index is 12.3. The molecule has 0 saturated carbocycles. The molecule has 1 rings (SSSR count). The Labute approximate surface area is 116 Å². The number of hydrogen-bond acceptors (Lipinski definition) is 2. The van der Waals surface area contributed by atoms with Crippen LogP contribution < -0.4 is 0 Å². The summed E-state index contributed by atoms with van der Waals surface area (Å²) in [5.74, 6) is -0.139. The van der Waals surface area contributed by atoms with Gasteiger partial charge in [-0.05, 0) is 48.6 Å². The van der Waals surface area contributed by atoms with Crippen LogP contribution in [0.5, 0.6) is 0 Å². The normalized spacial score (nSPS) is 11.6. The number of halogens is 1. The standard InChI is InChI=1S/C13H15IN2O/c1-3-16(9-10(2)8-15)13(17)11-6-4-5-7-12(11)14/h4-7,10H,3,9H2,1-2H3/t10-/m1/s1. The molecule has 0 saturated heterocycles. The fourth-order valence-electron chi connectivity index (χ4n) is 1.53. The number of carbonyl (C=O) groups is 1. The summed E-state index contributed by atoms with van der Waals surface area (Å²) >= 11 is 2.16. The summed E-state index contributed by atoms with van der Waals surface area (Å²) in [5, 5.41) is 8.80. The van der Waals surface area contributed by atoms with E-state index in [1.54, 1.807) is 4.90 Å². The summed E-state index contributed by atoms with van der Waals surface area (Å²) in [4.78, 5) is 14.0. The van der Waals surface area contributed by atoms with Crippen molar-refractivity contribution >= 4 is 28.5 Å². The number of carbonyl (C=O) groups excluding carboxylic acids is 1. The molecule has 1 atom stereocenters. The highest BCUT2D eigenvalue weighted by Crippen LogP contribution is 2.14. The SMILES string of the molecule is CCN(C[C@H](C)C#N)C(=O)c1ccccc1I. The van der Waals surface area contributed by atoms with E-state index in [9.17, 15) is 4.79 Å². The lowest BCUT2D eigenvalue weighted by molar-refractivity contribution is 0.0751. The van der Waals surface area contributed by atoms with Crippen molar-refractivity contribution in [2.75, 3.05) is 13.1 Å². The number of nitrogens with zero attached hydrogens (tertiary/aromatic N) is 2. The van der Waals surface area contributed by atoms with E-state index in [4.69, 9.17) is 5.26 Å². The van der Waals surface area contributed by atoms with Crippen LogP contribution >= 0.6 is 22.6 Å². The Kier molecular flexibility index (Phi) is 5.42. The van der Waals surface area contributed by atoms with Gasteiger partial charge in [0, 0.05) is 16.7 Å². The number of nitriles is 1. The van der Waals surface area contributed by atoms with E-state index >= 15 is 0 Å². The van der Waals surface area contributed by atoms with E-state index in [0.29, 0.717) is 18.7 Å². The van der Waals surface area contributed by atoms with Gasteiger partial charge >= 0.3 is 0 Å². The molecule has 0 spiro atoms. The molecule has 0 fully saturated rings. The van der Waals surface area contributed by atoms with Crippen molar-refractivity contribution in [3.05, 3.63) is 33.4 Å². The summed E-state index contributed by atoms with van der Waals surface area (Å²) in [6.45, 7) is 4.86. The molecule has 0 aliphatic heterocycles. The highest BCUT2D eigenvalue weighted by molar-refractivity contribution is 14.1. The van der Waals surface area contributed by atoms with E-state index in [1.165, 1.54) is 0 Å². The monoisotopic (exact) mass is 342 g/mol. The molecule has 0 aliphatic carbocycles. The Balaban J connectivity index is 2.88. The van der Waals surface area contributed by atoms with Crippen LogP contribution in [0, 0.1) is 20.8 Å². The number of amides is 1. The number of benzene rings is 1. The van der Waals surface area contributed by atoms with Gasteiger partial charge in [0.05, 0.1) is 17.6 Å². The fourth-order valence-corrected chi connectivity index (χ4v) is 2.15. The Hall–Kier alpha value is -1.09. The second-order valence-corrected chi connectivity index (χ2v) is 5.02. The Morgan fingerprint density at radius 2 is 2.18 bits per heavy atom. The number of hydrogen-bond donors (Lipinski definition) is 0. The van der Waals surface area contributed by atoms with Gasteiger partial charge in [-0.25, -0.2) is 0 Å². The first-order valence-corrected chi connectivity index (χ1v) is 6.61. The lowest BCUT2D eigenvalue weighted by Crippen LogP contribution is -2.34. The predicted molar refractivity (Wildman–Crippen MR) is 75.5 cm³/mol. The highest BCUT2D eigenvalue weighted by Gasteiger charge is 2.18. The minimum Gasteiger partial charge on any atom is -0.338 e. The van der Waals surface area contributed by atoms with Gasteiger partial charge in [0.25, 0.3) is 5.91 Å². The van der Waals surface area contributed by atoms with Crippen molar-refractivity contribution in [1.29, 1.82) is 5.26 Å². The molecule has 0 heterocycles. The van der Waals surface area contributed by atoms with E-state index < -0.39 is 0 Å². The lowest BCUT2D eigenvalue weighted by atomic mass is 10.1. The van der Waals surface area contributed by atoms with Crippen molar-refractivity contribution in [1.82, 2.24) is 4.90 Å². The van der Waals surface area contributed by atoms with Crippen LogP contribution in [0.25, 0.3) is 0 Å². The van der Waals surface area contributed by atoms with Crippen LogP contribution in [0.1, 0.15) is 24.2 Å². The topological polar surface area (TPSA) is 44.1 Å². The first kappa shape index (κ1) is 14.0. The zero-order chi connectivity index (χ0) is 12.8. The van der Waals surface area contributed by atoms with Crippen LogP contribution in [-0.4, -0.2) is 23.9 Å². The van der Waals surface area contributed by atoms with E-state index in [2.05, 4.69) is 28.7 Å². The quantitative estimate of drug-likeness (QED) is 0.790. The zero-order valence-corrected chi connectivity index (χ0v) is 12.1. The molecule has 1 aromatic rings. The van der Waals surface area contributed by atoms with E-state index in [-0.39, 0.29) is 11.8 Å². The first-order valence-electron chi connectivity index (χ1n) is 5.53. The summed E-state index contributed by atoms with van der Waals surface area (Å²) in [6.07, 6.45) is 0. The molecule has 0 aromatic heterocycles.